The minimum Gasteiger partial charge on any atom is -0.481 e. The summed E-state index contributed by atoms with van der Waals surface area (Å²) in [4.78, 5) is 26.2. The Kier molecular flexibility index (Phi) is 2.78. The molecule has 0 bridgehead atoms. The molecule has 2 atom stereocenters. The molecule has 0 unspecified atom stereocenters. The van der Waals surface area contributed by atoms with Crippen LogP contribution in [0.2, 0.25) is 0 Å². The average molecular weight is 216 g/mol. The first-order valence-corrected chi connectivity index (χ1v) is 4.86. The molecular weight excluding hydrogens is 200 g/mol. The maximum absolute atomic E-state index is 11.3. The zero-order chi connectivity index (χ0) is 11.9. The maximum atomic E-state index is 11.3. The highest BCUT2D eigenvalue weighted by Gasteiger charge is 2.59. The number of carbonyl (C=O) groups is 2. The molecule has 0 aliphatic heterocycles. The van der Waals surface area contributed by atoms with E-state index in [-0.39, 0.29) is 0 Å². The first-order chi connectivity index (χ1) is 6.77. The van der Waals surface area contributed by atoms with Crippen LogP contribution in [0, 0.1) is 16.7 Å². The third-order valence-corrected chi connectivity index (χ3v) is 4.07. The average Bonchev–Trinajstić information content (AvgIpc) is 2.39. The van der Waals surface area contributed by atoms with E-state index in [1.165, 1.54) is 0 Å². The van der Waals surface area contributed by atoms with Crippen LogP contribution in [0.3, 0.4) is 0 Å². The maximum Gasteiger partial charge on any atom is 0.345 e. The summed E-state index contributed by atoms with van der Waals surface area (Å²) < 4.78 is 0. The summed E-state index contributed by atoms with van der Waals surface area (Å²) in [5.41, 5.74) is -1.68. The van der Waals surface area contributed by atoms with E-state index >= 15 is 0 Å². The number of hydrogen-bond acceptors (Lipinski definition) is 4. The summed E-state index contributed by atoms with van der Waals surface area (Å²) in [7, 11) is 0. The Morgan fingerprint density at radius 1 is 1.33 bits per heavy atom. The smallest absolute Gasteiger partial charge is 0.345 e. The van der Waals surface area contributed by atoms with Crippen LogP contribution in [-0.2, 0) is 14.5 Å². The lowest BCUT2D eigenvalue weighted by atomic mass is 9.66. The molecule has 0 spiro atoms. The van der Waals surface area contributed by atoms with Crippen LogP contribution in [0.15, 0.2) is 0 Å². The van der Waals surface area contributed by atoms with Crippen molar-refractivity contribution in [3.63, 3.8) is 0 Å². The standard InChI is InChI=1S/C10H16O5/c1-9(2)6(7(11)15-14)4-5-10(9,3)8(12)13/h6,14H,4-5H2,1-3H3,(H,12,13)/t6-,10+/m1/s1. The van der Waals surface area contributed by atoms with Gasteiger partial charge in [-0.15, -0.1) is 0 Å². The van der Waals surface area contributed by atoms with Crippen LogP contribution >= 0.6 is 0 Å². The van der Waals surface area contributed by atoms with E-state index in [0.29, 0.717) is 12.8 Å². The Bertz CT molecular complexity index is 296. The van der Waals surface area contributed by atoms with E-state index in [0.717, 1.165) is 0 Å². The largest absolute Gasteiger partial charge is 0.481 e. The lowest BCUT2D eigenvalue weighted by Gasteiger charge is -2.36. The molecule has 1 rings (SSSR count). The minimum absolute atomic E-state index is 0.412. The SMILES string of the molecule is CC1(C)[C@@H](C(=O)OO)CC[C@@]1(C)C(=O)O. The molecule has 0 aromatic rings. The molecule has 2 N–H and O–H groups in total. The molecule has 0 amide bonds. The summed E-state index contributed by atoms with van der Waals surface area (Å²) in [5, 5.41) is 17.5. The second-order valence-corrected chi connectivity index (χ2v) is 4.86. The van der Waals surface area contributed by atoms with E-state index in [9.17, 15) is 9.59 Å². The van der Waals surface area contributed by atoms with Crippen molar-refractivity contribution in [1.82, 2.24) is 0 Å². The minimum atomic E-state index is -0.953. The van der Waals surface area contributed by atoms with Gasteiger partial charge in [0.25, 0.3) is 0 Å². The number of carboxylic acid groups (broad SMARTS) is 1. The van der Waals surface area contributed by atoms with Crippen LogP contribution in [0.5, 0.6) is 0 Å². The van der Waals surface area contributed by atoms with Crippen LogP contribution in [0.1, 0.15) is 33.6 Å². The summed E-state index contributed by atoms with van der Waals surface area (Å²) >= 11 is 0. The fraction of sp³-hybridized carbons (Fsp3) is 0.800. The van der Waals surface area contributed by atoms with Gasteiger partial charge in [0, 0.05) is 0 Å². The second kappa shape index (κ2) is 3.48. The zero-order valence-electron chi connectivity index (χ0n) is 9.11. The third kappa shape index (κ3) is 1.51. The fourth-order valence-corrected chi connectivity index (χ4v) is 2.36. The van der Waals surface area contributed by atoms with Gasteiger partial charge in [0.1, 0.15) is 0 Å². The van der Waals surface area contributed by atoms with Gasteiger partial charge in [-0.2, -0.15) is 5.26 Å². The predicted molar refractivity (Wildman–Crippen MR) is 51.0 cm³/mol. The molecule has 0 saturated heterocycles. The van der Waals surface area contributed by atoms with Gasteiger partial charge in [-0.05, 0) is 25.2 Å². The van der Waals surface area contributed by atoms with Crippen molar-refractivity contribution in [3.8, 4) is 0 Å². The van der Waals surface area contributed by atoms with E-state index in [1.807, 2.05) is 0 Å². The molecule has 0 heterocycles. The number of aliphatic carboxylic acids is 1. The van der Waals surface area contributed by atoms with Crippen molar-refractivity contribution >= 4 is 11.9 Å². The van der Waals surface area contributed by atoms with Crippen molar-refractivity contribution in [1.29, 1.82) is 0 Å². The van der Waals surface area contributed by atoms with Crippen LogP contribution in [0.4, 0.5) is 0 Å². The van der Waals surface area contributed by atoms with Gasteiger partial charge in [0.15, 0.2) is 0 Å². The Hall–Kier alpha value is -1.10. The van der Waals surface area contributed by atoms with Gasteiger partial charge >= 0.3 is 11.9 Å². The molecule has 5 nitrogen and oxygen atoms in total. The van der Waals surface area contributed by atoms with Crippen LogP contribution in [0.25, 0.3) is 0 Å². The lowest BCUT2D eigenvalue weighted by molar-refractivity contribution is -0.242. The van der Waals surface area contributed by atoms with Crippen molar-refractivity contribution < 1.29 is 24.8 Å². The van der Waals surface area contributed by atoms with E-state index in [1.54, 1.807) is 20.8 Å². The summed E-state index contributed by atoms with van der Waals surface area (Å²) in [6, 6.07) is 0. The van der Waals surface area contributed by atoms with E-state index < -0.39 is 28.7 Å². The topological polar surface area (TPSA) is 83.8 Å². The number of carboxylic acids is 1. The first-order valence-electron chi connectivity index (χ1n) is 4.86. The molecule has 86 valence electrons. The number of hydrogen-bond donors (Lipinski definition) is 2. The summed E-state index contributed by atoms with van der Waals surface area (Å²) in [5.74, 6) is -2.23. The van der Waals surface area contributed by atoms with Crippen LogP contribution in [-0.4, -0.2) is 22.3 Å². The highest BCUT2D eigenvalue weighted by atomic mass is 17.1. The predicted octanol–water partition coefficient (Wildman–Crippen LogP) is 1.53. The van der Waals surface area contributed by atoms with Crippen molar-refractivity contribution in [2.45, 2.75) is 33.6 Å². The van der Waals surface area contributed by atoms with Gasteiger partial charge in [-0.1, -0.05) is 13.8 Å². The monoisotopic (exact) mass is 216 g/mol. The summed E-state index contributed by atoms with van der Waals surface area (Å²) in [6.07, 6.45) is 0.838. The van der Waals surface area contributed by atoms with E-state index in [4.69, 9.17) is 10.4 Å². The Balaban J connectivity index is 3.04. The molecule has 1 aliphatic carbocycles. The first kappa shape index (κ1) is 12.0. The Labute approximate surface area is 88.0 Å². The van der Waals surface area contributed by atoms with Crippen LogP contribution < -0.4 is 0 Å². The summed E-state index contributed by atoms with van der Waals surface area (Å²) in [6.45, 7) is 5.06. The van der Waals surface area contributed by atoms with Gasteiger partial charge < -0.3 is 9.99 Å². The molecule has 0 aromatic carbocycles. The van der Waals surface area contributed by atoms with Gasteiger partial charge in [0.05, 0.1) is 11.3 Å². The molecule has 1 saturated carbocycles. The van der Waals surface area contributed by atoms with Crippen molar-refractivity contribution in [2.75, 3.05) is 0 Å². The van der Waals surface area contributed by atoms with Gasteiger partial charge in [-0.3, -0.25) is 4.79 Å². The van der Waals surface area contributed by atoms with E-state index in [2.05, 4.69) is 4.89 Å². The molecule has 15 heavy (non-hydrogen) atoms. The molecule has 1 fully saturated rings. The van der Waals surface area contributed by atoms with Crippen molar-refractivity contribution in [3.05, 3.63) is 0 Å². The normalized spacial score (nSPS) is 33.7. The highest BCUT2D eigenvalue weighted by Crippen LogP contribution is 2.56. The fourth-order valence-electron chi connectivity index (χ4n) is 2.36. The Morgan fingerprint density at radius 2 is 1.87 bits per heavy atom. The quantitative estimate of drug-likeness (QED) is 0.540. The highest BCUT2D eigenvalue weighted by molar-refractivity contribution is 5.80. The van der Waals surface area contributed by atoms with Crippen molar-refractivity contribution in [2.24, 2.45) is 16.7 Å². The zero-order valence-corrected chi connectivity index (χ0v) is 9.11. The third-order valence-electron chi connectivity index (χ3n) is 4.07. The number of rotatable bonds is 2. The molecular formula is C10H16O5. The Morgan fingerprint density at radius 3 is 2.20 bits per heavy atom. The molecule has 5 heteroatoms. The van der Waals surface area contributed by atoms with Gasteiger partial charge in [-0.25, -0.2) is 4.79 Å². The molecule has 0 radical (unpaired) electrons. The lowest BCUT2D eigenvalue weighted by Crippen LogP contribution is -2.42. The molecule has 1 aliphatic rings. The molecule has 0 aromatic heterocycles. The van der Waals surface area contributed by atoms with Gasteiger partial charge in [0.2, 0.25) is 0 Å². The number of carbonyl (C=O) groups excluding carboxylic acids is 1. The second-order valence-electron chi connectivity index (χ2n) is 4.86.